The summed E-state index contributed by atoms with van der Waals surface area (Å²) in [5, 5.41) is 0. The summed E-state index contributed by atoms with van der Waals surface area (Å²) in [5.41, 5.74) is 0. The van der Waals surface area contributed by atoms with E-state index in [9.17, 15) is 0 Å². The normalized spacial score (nSPS) is 7.67. The average Bonchev–Trinajstić information content (AvgIpc) is 2.41. The molecular formula is C13H25NO3Ru. The zero-order chi connectivity index (χ0) is 14.7. The topological polar surface area (TPSA) is 54.5 Å². The summed E-state index contributed by atoms with van der Waals surface area (Å²) in [6.07, 6.45) is 2.61. The second-order valence-corrected chi connectivity index (χ2v) is 3.34. The van der Waals surface area contributed by atoms with E-state index in [0.717, 1.165) is 0 Å². The van der Waals surface area contributed by atoms with E-state index in [-0.39, 0.29) is 19.5 Å². The number of rotatable bonds is 6. The van der Waals surface area contributed by atoms with Crippen molar-refractivity contribution in [2.45, 2.75) is 40.5 Å². The predicted molar refractivity (Wildman–Crippen MR) is 71.9 cm³/mol. The molecule has 0 bridgehead atoms. The standard InChI is InChI=1S/C10H22N.3CHO.Ru/c1-5-11(6-2)9-7-8-10(3)4;3*1-2;/h5-9H2,1-4H3;3*1H;/q4*-1;+4. The van der Waals surface area contributed by atoms with Crippen molar-refractivity contribution in [2.24, 2.45) is 0 Å². The van der Waals surface area contributed by atoms with Crippen molar-refractivity contribution >= 4 is 20.4 Å². The molecule has 0 unspecified atom stereocenters. The Hall–Kier alpha value is -0.407. The Morgan fingerprint density at radius 3 is 1.44 bits per heavy atom. The summed E-state index contributed by atoms with van der Waals surface area (Å²) in [6.45, 7) is 22.3. The Kier molecular flexibility index (Phi) is 61.0. The van der Waals surface area contributed by atoms with Crippen molar-refractivity contribution in [2.75, 3.05) is 19.6 Å². The van der Waals surface area contributed by atoms with E-state index >= 15 is 0 Å². The van der Waals surface area contributed by atoms with Crippen molar-refractivity contribution in [3.8, 4) is 0 Å². The molecule has 0 atom stereocenters. The second-order valence-electron chi connectivity index (χ2n) is 3.34. The van der Waals surface area contributed by atoms with Crippen LogP contribution in [0, 0.1) is 5.92 Å². The van der Waals surface area contributed by atoms with Gasteiger partial charge >= 0.3 is 19.5 Å². The second kappa shape index (κ2) is 36.0. The van der Waals surface area contributed by atoms with Crippen molar-refractivity contribution in [3.05, 3.63) is 5.92 Å². The molecule has 0 aliphatic heterocycles. The molecule has 108 valence electrons. The summed E-state index contributed by atoms with van der Waals surface area (Å²) < 4.78 is 0. The zero-order valence-electron chi connectivity index (χ0n) is 11.8. The van der Waals surface area contributed by atoms with Gasteiger partial charge in [-0.1, -0.05) is 20.3 Å². The Balaban J connectivity index is -0.0000000700. The van der Waals surface area contributed by atoms with E-state index in [1.54, 1.807) is 5.92 Å². The number of nitrogens with zero attached hydrogens (tertiary/aromatic N) is 1. The average molecular weight is 344 g/mol. The van der Waals surface area contributed by atoms with E-state index in [1.165, 1.54) is 32.5 Å². The summed E-state index contributed by atoms with van der Waals surface area (Å²) in [4.78, 5) is 25.7. The third-order valence-electron chi connectivity index (χ3n) is 2.05. The fourth-order valence-electron chi connectivity index (χ4n) is 1.20. The van der Waals surface area contributed by atoms with Gasteiger partial charge in [0.2, 0.25) is 0 Å². The quantitative estimate of drug-likeness (QED) is 0.420. The monoisotopic (exact) mass is 345 g/mol. The van der Waals surface area contributed by atoms with Gasteiger partial charge in [-0.25, -0.2) is 0 Å². The summed E-state index contributed by atoms with van der Waals surface area (Å²) in [5.74, 6) is 1.55. The summed E-state index contributed by atoms with van der Waals surface area (Å²) in [6, 6.07) is 0. The maximum absolute atomic E-state index is 7.75. The molecule has 4 nitrogen and oxygen atoms in total. The van der Waals surface area contributed by atoms with Crippen LogP contribution in [0.3, 0.4) is 0 Å². The van der Waals surface area contributed by atoms with Gasteiger partial charge in [-0.3, -0.25) is 20.4 Å². The van der Waals surface area contributed by atoms with Crippen LogP contribution in [0.5, 0.6) is 0 Å². The van der Waals surface area contributed by atoms with Gasteiger partial charge in [0, 0.05) is 0 Å². The molecule has 0 spiro atoms. The molecule has 0 aliphatic rings. The van der Waals surface area contributed by atoms with Crippen molar-refractivity contribution in [1.29, 1.82) is 0 Å². The van der Waals surface area contributed by atoms with Crippen LogP contribution in [0.2, 0.25) is 0 Å². The molecule has 0 aromatic rings. The summed E-state index contributed by atoms with van der Waals surface area (Å²) in [7, 11) is 0. The van der Waals surface area contributed by atoms with Gasteiger partial charge in [0.25, 0.3) is 0 Å². The van der Waals surface area contributed by atoms with Crippen LogP contribution >= 0.6 is 0 Å². The largest absolute Gasteiger partial charge is 4.00 e. The van der Waals surface area contributed by atoms with E-state index in [1.807, 2.05) is 0 Å². The van der Waals surface area contributed by atoms with Crippen molar-refractivity contribution in [1.82, 2.24) is 4.90 Å². The van der Waals surface area contributed by atoms with Gasteiger partial charge in [-0.15, -0.1) is 0 Å². The first-order valence-electron chi connectivity index (χ1n) is 5.42. The van der Waals surface area contributed by atoms with Crippen LogP contribution in [0.4, 0.5) is 0 Å². The molecule has 0 N–H and O–H groups in total. The van der Waals surface area contributed by atoms with Gasteiger partial charge < -0.3 is 25.2 Å². The van der Waals surface area contributed by atoms with Crippen LogP contribution in [-0.4, -0.2) is 44.9 Å². The van der Waals surface area contributed by atoms with Gasteiger partial charge in [0.15, 0.2) is 0 Å². The molecule has 0 amide bonds. The minimum absolute atomic E-state index is 0. The zero-order valence-corrected chi connectivity index (χ0v) is 13.5. The van der Waals surface area contributed by atoms with Gasteiger partial charge in [0.05, 0.1) is 0 Å². The number of carbonyl (C=O) groups excluding carboxylic acids is 3. The molecule has 0 saturated heterocycles. The molecule has 0 aliphatic carbocycles. The van der Waals surface area contributed by atoms with Crippen LogP contribution in [0.25, 0.3) is 0 Å². The van der Waals surface area contributed by atoms with Crippen LogP contribution in [0.1, 0.15) is 40.5 Å². The molecule has 0 aromatic heterocycles. The maximum Gasteiger partial charge on any atom is 4.00 e. The molecule has 0 radical (unpaired) electrons. The Labute approximate surface area is 125 Å². The third-order valence-corrected chi connectivity index (χ3v) is 2.05. The molecule has 0 aromatic carbocycles. The van der Waals surface area contributed by atoms with Crippen LogP contribution < -0.4 is 0 Å². The fourth-order valence-corrected chi connectivity index (χ4v) is 1.20. The molecule has 0 heterocycles. The first-order chi connectivity index (χ1) is 8.20. The molecule has 5 heteroatoms. The van der Waals surface area contributed by atoms with Crippen molar-refractivity contribution < 1.29 is 33.9 Å². The Bertz CT molecular complexity index is 118. The van der Waals surface area contributed by atoms with Gasteiger partial charge in [-0.05, 0) is 19.6 Å². The predicted octanol–water partition coefficient (Wildman–Crippen LogP) is 1.90. The van der Waals surface area contributed by atoms with Gasteiger partial charge in [0.1, 0.15) is 0 Å². The smallest absolute Gasteiger partial charge is 0.545 e. The molecular weight excluding hydrogens is 319 g/mol. The molecule has 0 fully saturated rings. The van der Waals surface area contributed by atoms with Crippen molar-refractivity contribution in [3.63, 3.8) is 0 Å². The maximum atomic E-state index is 7.75. The molecule has 0 saturated carbocycles. The number of hydrogen-bond donors (Lipinski definition) is 0. The van der Waals surface area contributed by atoms with Crippen LogP contribution in [0.15, 0.2) is 0 Å². The van der Waals surface area contributed by atoms with E-state index < -0.39 is 0 Å². The fraction of sp³-hybridized carbons (Fsp3) is 0.692. The first kappa shape index (κ1) is 30.5. The SMILES string of the molecule is CCN(CC)CCC[C-](C)C.[CH-]=O.[CH-]=O.[CH-]=O.[Ru+4]. The third kappa shape index (κ3) is 36.1. The Morgan fingerprint density at radius 1 is 0.889 bits per heavy atom. The minimum atomic E-state index is 0. The first-order valence-corrected chi connectivity index (χ1v) is 5.42. The van der Waals surface area contributed by atoms with E-state index in [4.69, 9.17) is 14.4 Å². The summed E-state index contributed by atoms with van der Waals surface area (Å²) >= 11 is 0. The Morgan fingerprint density at radius 2 is 1.22 bits per heavy atom. The number of hydrogen-bond acceptors (Lipinski definition) is 4. The van der Waals surface area contributed by atoms with Crippen LogP contribution in [-0.2, 0) is 33.9 Å². The van der Waals surface area contributed by atoms with E-state index in [2.05, 4.69) is 53.0 Å². The molecule has 0 rings (SSSR count). The van der Waals surface area contributed by atoms with Gasteiger partial charge in [-0.2, -0.15) is 20.3 Å². The minimum Gasteiger partial charge on any atom is -0.545 e. The molecule has 18 heavy (non-hydrogen) atoms. The van der Waals surface area contributed by atoms with E-state index in [0.29, 0.717) is 0 Å².